The van der Waals surface area contributed by atoms with E-state index in [0.29, 0.717) is 33.5 Å². The van der Waals surface area contributed by atoms with E-state index in [4.69, 9.17) is 10.3 Å². The molecule has 6 nitrogen and oxygen atoms in total. The number of hydrogen-bond donors (Lipinski definition) is 1. The Morgan fingerprint density at radius 1 is 1.21 bits per heavy atom. The summed E-state index contributed by atoms with van der Waals surface area (Å²) >= 11 is 1.34. The van der Waals surface area contributed by atoms with Crippen molar-refractivity contribution >= 4 is 17.2 Å². The van der Waals surface area contributed by atoms with Gasteiger partial charge in [0, 0.05) is 22.7 Å². The monoisotopic (exact) mass is 414 g/mol. The Kier molecular flexibility index (Phi) is 4.75. The number of aryl methyl sites for hydroxylation is 1. The Bertz CT molecular complexity index is 1210. The Hall–Kier alpha value is -3.33. The number of thiazole rings is 1. The number of aromatic nitrogens is 3. The second-order valence-electron chi connectivity index (χ2n) is 6.54. The molecule has 29 heavy (non-hydrogen) atoms. The van der Waals surface area contributed by atoms with Gasteiger partial charge in [-0.1, -0.05) is 11.2 Å². The predicted molar refractivity (Wildman–Crippen MR) is 104 cm³/mol. The molecular weight excluding hydrogens is 398 g/mol. The van der Waals surface area contributed by atoms with Crippen molar-refractivity contribution in [3.8, 4) is 22.1 Å². The molecule has 4 rings (SSSR count). The number of rotatable bonds is 5. The molecule has 0 radical (unpaired) electrons. The van der Waals surface area contributed by atoms with Crippen molar-refractivity contribution in [1.29, 1.82) is 0 Å². The number of nitrogens with two attached hydrogens (primary N) is 1. The first kappa shape index (κ1) is 19.0. The van der Waals surface area contributed by atoms with Gasteiger partial charge in [0.2, 0.25) is 0 Å². The number of primary amides is 1. The summed E-state index contributed by atoms with van der Waals surface area (Å²) in [5.41, 5.74) is 7.81. The average Bonchev–Trinajstić information content (AvgIpc) is 3.37. The zero-order valence-electron chi connectivity index (χ0n) is 15.6. The SMILES string of the molecule is Cc1cc(-c2nc(-c3cc(C(N)=O)c(C)n3Cc3c(F)cccc3F)cs2)no1. The second kappa shape index (κ2) is 7.25. The molecule has 0 aliphatic heterocycles. The van der Waals surface area contributed by atoms with E-state index in [1.165, 1.54) is 29.5 Å². The van der Waals surface area contributed by atoms with E-state index in [2.05, 4.69) is 10.1 Å². The number of carbonyl (C=O) groups is 1. The van der Waals surface area contributed by atoms with E-state index in [1.54, 1.807) is 35.9 Å². The third kappa shape index (κ3) is 3.44. The van der Waals surface area contributed by atoms with Crippen molar-refractivity contribution in [2.75, 3.05) is 0 Å². The molecule has 4 aromatic rings. The van der Waals surface area contributed by atoms with Crippen LogP contribution in [0.5, 0.6) is 0 Å². The molecule has 2 N–H and O–H groups in total. The van der Waals surface area contributed by atoms with Crippen molar-refractivity contribution in [3.05, 3.63) is 69.9 Å². The zero-order valence-corrected chi connectivity index (χ0v) is 16.4. The molecule has 1 aromatic carbocycles. The Morgan fingerprint density at radius 3 is 2.55 bits per heavy atom. The van der Waals surface area contributed by atoms with Gasteiger partial charge >= 0.3 is 0 Å². The normalized spacial score (nSPS) is 11.2. The number of carbonyl (C=O) groups excluding carboxylic acids is 1. The summed E-state index contributed by atoms with van der Waals surface area (Å²) in [6.45, 7) is 3.35. The van der Waals surface area contributed by atoms with Crippen molar-refractivity contribution in [3.63, 3.8) is 0 Å². The topological polar surface area (TPSA) is 86.9 Å². The molecule has 1 amide bonds. The molecule has 0 aliphatic rings. The lowest BCUT2D eigenvalue weighted by Gasteiger charge is -2.12. The standard InChI is InChI=1S/C20H16F2N4O2S/c1-10-6-16(25-28-10)20-24-17(9-29-20)18-7-12(19(23)27)11(2)26(18)8-13-14(21)4-3-5-15(13)22/h3-7,9H,8H2,1-2H3,(H2,23,27). The lowest BCUT2D eigenvalue weighted by Crippen LogP contribution is -2.13. The minimum Gasteiger partial charge on any atom is -0.366 e. The van der Waals surface area contributed by atoms with Crippen LogP contribution < -0.4 is 5.73 Å². The van der Waals surface area contributed by atoms with Crippen molar-refractivity contribution < 1.29 is 18.1 Å². The fourth-order valence-electron chi connectivity index (χ4n) is 3.13. The van der Waals surface area contributed by atoms with Gasteiger partial charge in [0.25, 0.3) is 5.91 Å². The van der Waals surface area contributed by atoms with Gasteiger partial charge in [0.05, 0.1) is 23.5 Å². The maximum Gasteiger partial charge on any atom is 0.250 e. The van der Waals surface area contributed by atoms with Crippen LogP contribution in [0.25, 0.3) is 22.1 Å². The molecule has 0 atom stereocenters. The molecule has 0 unspecified atom stereocenters. The van der Waals surface area contributed by atoms with E-state index >= 15 is 0 Å². The first-order valence-electron chi connectivity index (χ1n) is 8.67. The lowest BCUT2D eigenvalue weighted by molar-refractivity contribution is 0.0999. The van der Waals surface area contributed by atoms with Crippen LogP contribution in [-0.4, -0.2) is 20.6 Å². The molecule has 0 saturated heterocycles. The van der Waals surface area contributed by atoms with E-state index in [1.807, 2.05) is 0 Å². The number of halogens is 2. The van der Waals surface area contributed by atoms with Crippen LogP contribution in [0.2, 0.25) is 0 Å². The molecule has 0 bridgehead atoms. The van der Waals surface area contributed by atoms with E-state index in [9.17, 15) is 13.6 Å². The molecule has 3 heterocycles. The van der Waals surface area contributed by atoms with Gasteiger partial charge in [-0.2, -0.15) is 0 Å². The van der Waals surface area contributed by atoms with Gasteiger partial charge in [0.15, 0.2) is 0 Å². The van der Waals surface area contributed by atoms with Crippen LogP contribution in [-0.2, 0) is 6.54 Å². The smallest absolute Gasteiger partial charge is 0.250 e. The lowest BCUT2D eigenvalue weighted by atomic mass is 10.2. The van der Waals surface area contributed by atoms with E-state index in [-0.39, 0.29) is 17.7 Å². The molecule has 0 aliphatic carbocycles. The predicted octanol–water partition coefficient (Wildman–Crippen LogP) is 4.31. The summed E-state index contributed by atoms with van der Waals surface area (Å²) < 4.78 is 35.2. The quantitative estimate of drug-likeness (QED) is 0.527. The van der Waals surface area contributed by atoms with Crippen LogP contribution >= 0.6 is 11.3 Å². The van der Waals surface area contributed by atoms with Crippen LogP contribution in [0.4, 0.5) is 8.78 Å². The summed E-state index contributed by atoms with van der Waals surface area (Å²) in [6.07, 6.45) is 0. The molecule has 0 spiro atoms. The Balaban J connectivity index is 1.82. The highest BCUT2D eigenvalue weighted by atomic mass is 32.1. The van der Waals surface area contributed by atoms with Gasteiger partial charge in [-0.3, -0.25) is 4.79 Å². The third-order valence-corrected chi connectivity index (χ3v) is 5.49. The van der Waals surface area contributed by atoms with Gasteiger partial charge in [-0.05, 0) is 32.0 Å². The maximum atomic E-state index is 14.2. The summed E-state index contributed by atoms with van der Waals surface area (Å²) in [5, 5.41) is 6.36. The van der Waals surface area contributed by atoms with Crippen molar-refractivity contribution in [2.24, 2.45) is 5.73 Å². The van der Waals surface area contributed by atoms with Crippen molar-refractivity contribution in [2.45, 2.75) is 20.4 Å². The Labute approximate surface area is 168 Å². The number of nitrogens with zero attached hydrogens (tertiary/aromatic N) is 3. The number of amides is 1. The fraction of sp³-hybridized carbons (Fsp3) is 0.150. The maximum absolute atomic E-state index is 14.2. The second-order valence-corrected chi connectivity index (χ2v) is 7.40. The largest absolute Gasteiger partial charge is 0.366 e. The number of benzene rings is 1. The molecule has 0 saturated carbocycles. The summed E-state index contributed by atoms with van der Waals surface area (Å²) in [5.74, 6) is -1.30. The molecule has 3 aromatic heterocycles. The molecule has 148 valence electrons. The van der Waals surface area contributed by atoms with Crippen LogP contribution in [0.15, 0.2) is 40.2 Å². The van der Waals surface area contributed by atoms with E-state index in [0.717, 1.165) is 0 Å². The molecular formula is C20H16F2N4O2S. The van der Waals surface area contributed by atoms with Crippen LogP contribution in [0.3, 0.4) is 0 Å². The van der Waals surface area contributed by atoms with Gasteiger partial charge in [0.1, 0.15) is 28.1 Å². The highest BCUT2D eigenvalue weighted by molar-refractivity contribution is 7.13. The highest BCUT2D eigenvalue weighted by Crippen LogP contribution is 2.32. The summed E-state index contributed by atoms with van der Waals surface area (Å²) in [7, 11) is 0. The highest BCUT2D eigenvalue weighted by Gasteiger charge is 2.21. The van der Waals surface area contributed by atoms with Gasteiger partial charge in [-0.15, -0.1) is 11.3 Å². The Morgan fingerprint density at radius 2 is 1.93 bits per heavy atom. The van der Waals surface area contributed by atoms with Crippen molar-refractivity contribution in [1.82, 2.24) is 14.7 Å². The average molecular weight is 414 g/mol. The molecule has 0 fully saturated rings. The minimum absolute atomic E-state index is 0.106. The third-order valence-electron chi connectivity index (χ3n) is 4.62. The first-order chi connectivity index (χ1) is 13.8. The summed E-state index contributed by atoms with van der Waals surface area (Å²) in [6, 6.07) is 7.04. The van der Waals surface area contributed by atoms with Crippen LogP contribution in [0, 0.1) is 25.5 Å². The van der Waals surface area contributed by atoms with Gasteiger partial charge in [-0.25, -0.2) is 13.8 Å². The van der Waals surface area contributed by atoms with E-state index < -0.39 is 17.5 Å². The molecule has 9 heteroatoms. The summed E-state index contributed by atoms with van der Waals surface area (Å²) in [4.78, 5) is 16.4. The zero-order chi connectivity index (χ0) is 20.7. The van der Waals surface area contributed by atoms with Crippen LogP contribution in [0.1, 0.15) is 27.4 Å². The van der Waals surface area contributed by atoms with Gasteiger partial charge < -0.3 is 14.8 Å². The fourth-order valence-corrected chi connectivity index (χ4v) is 3.89. The first-order valence-corrected chi connectivity index (χ1v) is 9.55. The minimum atomic E-state index is -0.665. The number of hydrogen-bond acceptors (Lipinski definition) is 5.